The van der Waals surface area contributed by atoms with Crippen molar-refractivity contribution in [1.29, 1.82) is 0 Å². The highest BCUT2D eigenvalue weighted by Gasteiger charge is 2.29. The first-order valence-electron chi connectivity index (χ1n) is 8.28. The predicted octanol–water partition coefficient (Wildman–Crippen LogP) is 2.98. The largest absolute Gasteiger partial charge is 0.426 e. The van der Waals surface area contributed by atoms with E-state index in [0.717, 1.165) is 21.8 Å². The number of anilines is 2. The molecule has 2 aliphatic heterocycles. The van der Waals surface area contributed by atoms with Crippen LogP contribution in [0.2, 0.25) is 0 Å². The summed E-state index contributed by atoms with van der Waals surface area (Å²) in [4.78, 5) is 36.8. The molecule has 0 radical (unpaired) electrons. The molecule has 2 N–H and O–H groups in total. The van der Waals surface area contributed by atoms with Crippen molar-refractivity contribution in [3.05, 3.63) is 48.0 Å². The first-order chi connectivity index (χ1) is 12.6. The van der Waals surface area contributed by atoms with Crippen LogP contribution < -0.4 is 15.4 Å². The first kappa shape index (κ1) is 16.7. The molecule has 0 fully saturated rings. The number of nitrogens with one attached hydrogen (secondary N) is 2. The first-order valence-corrected chi connectivity index (χ1v) is 9.16. The Labute approximate surface area is 154 Å². The number of hydrogen-bond acceptors (Lipinski definition) is 5. The maximum absolute atomic E-state index is 12.3. The van der Waals surface area contributed by atoms with Crippen LogP contribution in [0.3, 0.4) is 0 Å². The maximum Gasteiger partial charge on any atom is 0.312 e. The lowest BCUT2D eigenvalue weighted by Gasteiger charge is -2.23. The Kier molecular flexibility index (Phi) is 4.38. The molecule has 6 nitrogen and oxygen atoms in total. The van der Waals surface area contributed by atoms with Gasteiger partial charge in [0.2, 0.25) is 11.8 Å². The minimum absolute atomic E-state index is 0.0112. The van der Waals surface area contributed by atoms with Crippen LogP contribution in [0.5, 0.6) is 5.75 Å². The number of thioether (sulfide) groups is 1. The maximum atomic E-state index is 12.3. The van der Waals surface area contributed by atoms with Crippen LogP contribution in [0.15, 0.2) is 47.4 Å². The number of ether oxygens (including phenoxy) is 1. The fourth-order valence-electron chi connectivity index (χ4n) is 2.97. The van der Waals surface area contributed by atoms with Crippen LogP contribution in [0.25, 0.3) is 0 Å². The van der Waals surface area contributed by atoms with Crippen LogP contribution in [-0.4, -0.2) is 23.0 Å². The van der Waals surface area contributed by atoms with Gasteiger partial charge in [-0.05, 0) is 42.3 Å². The van der Waals surface area contributed by atoms with Crippen molar-refractivity contribution in [1.82, 2.24) is 0 Å². The number of amides is 2. The zero-order valence-corrected chi connectivity index (χ0v) is 14.6. The standard InChI is InChI=1S/C19H16N2O4S/c22-17-8-5-11-9-12(6-7-13(11)20-17)25-18(23)10-16-19(24)21-14-3-1-2-4-15(14)26-16/h1-4,6-7,9,16H,5,8,10H2,(H,20,22)(H,21,24)/t16-/m1/s1. The third kappa shape index (κ3) is 3.43. The van der Waals surface area contributed by atoms with Crippen molar-refractivity contribution in [2.45, 2.75) is 29.4 Å². The normalized spacial score (nSPS) is 18.2. The number of carbonyl (C=O) groups is 3. The van der Waals surface area contributed by atoms with Crippen molar-refractivity contribution in [2.75, 3.05) is 10.6 Å². The lowest BCUT2D eigenvalue weighted by Crippen LogP contribution is -2.32. The van der Waals surface area contributed by atoms with E-state index in [-0.39, 0.29) is 18.2 Å². The van der Waals surface area contributed by atoms with E-state index < -0.39 is 11.2 Å². The Morgan fingerprint density at radius 1 is 1.08 bits per heavy atom. The Morgan fingerprint density at radius 2 is 1.92 bits per heavy atom. The summed E-state index contributed by atoms with van der Waals surface area (Å²) in [5, 5.41) is 5.08. The van der Waals surface area contributed by atoms with E-state index in [4.69, 9.17) is 4.74 Å². The van der Waals surface area contributed by atoms with Gasteiger partial charge in [-0.15, -0.1) is 11.8 Å². The quantitative estimate of drug-likeness (QED) is 0.643. The van der Waals surface area contributed by atoms with Gasteiger partial charge in [-0.2, -0.15) is 0 Å². The summed E-state index contributed by atoms with van der Waals surface area (Å²) in [6.45, 7) is 0. The van der Waals surface area contributed by atoms with Gasteiger partial charge in [-0.3, -0.25) is 14.4 Å². The number of benzene rings is 2. The highest BCUT2D eigenvalue weighted by atomic mass is 32.2. The smallest absolute Gasteiger partial charge is 0.312 e. The van der Waals surface area contributed by atoms with Gasteiger partial charge in [0.1, 0.15) is 5.75 Å². The van der Waals surface area contributed by atoms with Crippen molar-refractivity contribution in [3.63, 3.8) is 0 Å². The van der Waals surface area contributed by atoms with Gasteiger partial charge in [0.15, 0.2) is 0 Å². The molecular formula is C19H16N2O4S. The highest BCUT2D eigenvalue weighted by Crippen LogP contribution is 2.37. The minimum Gasteiger partial charge on any atom is -0.426 e. The molecule has 0 unspecified atom stereocenters. The molecule has 0 saturated carbocycles. The van der Waals surface area contributed by atoms with Crippen LogP contribution in [0.1, 0.15) is 18.4 Å². The number of para-hydroxylation sites is 1. The SMILES string of the molecule is O=C1CCc2cc(OC(=O)C[C@H]3Sc4ccccc4NC3=O)ccc2N1. The fourth-order valence-corrected chi connectivity index (χ4v) is 4.07. The third-order valence-electron chi connectivity index (χ3n) is 4.26. The third-order valence-corrected chi connectivity index (χ3v) is 5.54. The summed E-state index contributed by atoms with van der Waals surface area (Å²) in [5.74, 6) is -0.245. The predicted molar refractivity (Wildman–Crippen MR) is 98.4 cm³/mol. The lowest BCUT2D eigenvalue weighted by atomic mass is 10.0. The second-order valence-corrected chi connectivity index (χ2v) is 7.38. The zero-order chi connectivity index (χ0) is 18.1. The van der Waals surface area contributed by atoms with Crippen molar-refractivity contribution in [3.8, 4) is 5.75 Å². The molecule has 1 atom stereocenters. The van der Waals surface area contributed by atoms with Crippen LogP contribution >= 0.6 is 11.8 Å². The average molecular weight is 368 g/mol. The molecule has 2 aliphatic rings. The Morgan fingerprint density at radius 3 is 2.81 bits per heavy atom. The Balaban J connectivity index is 1.42. The Hall–Kier alpha value is -2.80. The summed E-state index contributed by atoms with van der Waals surface area (Å²) in [5.41, 5.74) is 2.46. The van der Waals surface area contributed by atoms with Crippen LogP contribution in [0.4, 0.5) is 11.4 Å². The van der Waals surface area contributed by atoms with E-state index in [1.807, 2.05) is 24.3 Å². The summed E-state index contributed by atoms with van der Waals surface area (Å²) in [7, 11) is 0. The zero-order valence-electron chi connectivity index (χ0n) is 13.8. The molecule has 26 heavy (non-hydrogen) atoms. The Bertz CT molecular complexity index is 912. The van der Waals surface area contributed by atoms with E-state index in [9.17, 15) is 14.4 Å². The molecule has 0 aliphatic carbocycles. The van der Waals surface area contributed by atoms with Gasteiger partial charge >= 0.3 is 5.97 Å². The lowest BCUT2D eigenvalue weighted by molar-refractivity contribution is -0.135. The van der Waals surface area contributed by atoms with Gasteiger partial charge in [0.05, 0.1) is 17.4 Å². The van der Waals surface area contributed by atoms with E-state index in [0.29, 0.717) is 18.6 Å². The molecule has 7 heteroatoms. The van der Waals surface area contributed by atoms with Crippen LogP contribution in [0, 0.1) is 0 Å². The number of esters is 1. The summed E-state index contributed by atoms with van der Waals surface area (Å²) >= 11 is 1.37. The number of hydrogen-bond donors (Lipinski definition) is 2. The van der Waals surface area contributed by atoms with Gasteiger partial charge in [-0.25, -0.2) is 0 Å². The molecule has 2 heterocycles. The monoisotopic (exact) mass is 368 g/mol. The number of aryl methyl sites for hydroxylation is 1. The second-order valence-electron chi connectivity index (χ2n) is 6.14. The van der Waals surface area contributed by atoms with E-state index >= 15 is 0 Å². The van der Waals surface area contributed by atoms with E-state index in [1.54, 1.807) is 18.2 Å². The molecular weight excluding hydrogens is 352 g/mol. The molecule has 0 spiro atoms. The van der Waals surface area contributed by atoms with Crippen molar-refractivity contribution < 1.29 is 19.1 Å². The number of rotatable bonds is 3. The average Bonchev–Trinajstić information content (AvgIpc) is 2.62. The molecule has 0 aromatic heterocycles. The fraction of sp³-hybridized carbons (Fsp3) is 0.211. The molecule has 2 aromatic rings. The van der Waals surface area contributed by atoms with Crippen molar-refractivity contribution in [2.24, 2.45) is 0 Å². The number of fused-ring (bicyclic) bond motifs is 2. The molecule has 2 amide bonds. The summed E-state index contributed by atoms with van der Waals surface area (Å²) in [6.07, 6.45) is 1.02. The highest BCUT2D eigenvalue weighted by molar-refractivity contribution is 8.01. The molecule has 4 rings (SSSR count). The number of carbonyl (C=O) groups excluding carboxylic acids is 3. The molecule has 2 aromatic carbocycles. The van der Waals surface area contributed by atoms with E-state index in [1.165, 1.54) is 11.8 Å². The van der Waals surface area contributed by atoms with Gasteiger partial charge < -0.3 is 15.4 Å². The summed E-state index contributed by atoms with van der Waals surface area (Å²) < 4.78 is 5.40. The van der Waals surface area contributed by atoms with E-state index in [2.05, 4.69) is 10.6 Å². The van der Waals surface area contributed by atoms with Crippen molar-refractivity contribution >= 4 is 40.9 Å². The topological polar surface area (TPSA) is 84.5 Å². The minimum atomic E-state index is -0.519. The van der Waals surface area contributed by atoms with Gasteiger partial charge in [0, 0.05) is 17.0 Å². The molecule has 0 bridgehead atoms. The van der Waals surface area contributed by atoms with Crippen LogP contribution in [-0.2, 0) is 20.8 Å². The second kappa shape index (κ2) is 6.84. The molecule has 0 saturated heterocycles. The summed E-state index contributed by atoms with van der Waals surface area (Å²) in [6, 6.07) is 12.6. The van der Waals surface area contributed by atoms with Gasteiger partial charge in [-0.1, -0.05) is 12.1 Å². The molecule has 132 valence electrons. The van der Waals surface area contributed by atoms with Gasteiger partial charge in [0.25, 0.3) is 0 Å².